The number of piperidine rings is 1. The van der Waals surface area contributed by atoms with E-state index in [1.165, 1.54) is 30.1 Å². The van der Waals surface area contributed by atoms with Crippen LogP contribution in [0.4, 0.5) is 42.2 Å². The fraction of sp³-hybridized carbons (Fsp3) is 0.429. The molecule has 1 aromatic carbocycles. The number of carbonyl (C=O) groups is 1. The normalized spacial score (nSPS) is 23.0. The average Bonchev–Trinajstić information content (AvgIpc) is 3.33. The third-order valence-corrected chi connectivity index (χ3v) is 6.08. The average molecular weight is 461 g/mol. The highest BCUT2D eigenvalue weighted by Crippen LogP contribution is 2.47. The lowest BCUT2D eigenvalue weighted by atomic mass is 9.97. The van der Waals surface area contributed by atoms with Gasteiger partial charge in [0.15, 0.2) is 0 Å². The summed E-state index contributed by atoms with van der Waals surface area (Å²) in [5.74, 6) is -2.13. The van der Waals surface area contributed by atoms with Crippen molar-refractivity contribution in [3.8, 4) is 0 Å². The summed E-state index contributed by atoms with van der Waals surface area (Å²) in [5, 5.41) is 0. The predicted molar refractivity (Wildman–Crippen MR) is 101 cm³/mol. The summed E-state index contributed by atoms with van der Waals surface area (Å²) >= 11 is 0. The summed E-state index contributed by atoms with van der Waals surface area (Å²) in [6, 6.07) is 4.50. The van der Waals surface area contributed by atoms with Gasteiger partial charge in [0, 0.05) is 13.1 Å². The molecule has 2 fully saturated rings. The lowest BCUT2D eigenvalue weighted by molar-refractivity contribution is -0.145. The fourth-order valence-electron chi connectivity index (χ4n) is 4.63. The number of rotatable bonds is 3. The van der Waals surface area contributed by atoms with Crippen molar-refractivity contribution in [2.45, 2.75) is 43.7 Å². The Morgan fingerprint density at radius 2 is 1.75 bits per heavy atom. The zero-order valence-corrected chi connectivity index (χ0v) is 16.7. The summed E-state index contributed by atoms with van der Waals surface area (Å²) in [6.07, 6.45) is -8.59. The zero-order valence-electron chi connectivity index (χ0n) is 16.7. The van der Waals surface area contributed by atoms with E-state index in [0.717, 1.165) is 11.0 Å². The molecular formula is C21H18F7N3O. The topological polar surface area (TPSA) is 36.4 Å². The number of alkyl halides is 6. The number of amides is 1. The standard InChI is InChI=1S/C21H18F7N3O/c1-30(15-5-3-2-4-14(15)22)19(32)18-11-6-7-13(8-11)31(18)17-10-12(20(23,24)25)9-16(29-17)21(26,27)28/h2-5,9-11,13,18H,6-8H2,1H3/t11-,13+,18-/m0/s1. The van der Waals surface area contributed by atoms with E-state index in [-0.39, 0.29) is 17.7 Å². The van der Waals surface area contributed by atoms with E-state index in [2.05, 4.69) is 4.98 Å². The van der Waals surface area contributed by atoms with Crippen LogP contribution in [0.25, 0.3) is 0 Å². The number of anilines is 2. The molecule has 0 N–H and O–H groups in total. The van der Waals surface area contributed by atoms with Crippen LogP contribution in [0.3, 0.4) is 0 Å². The van der Waals surface area contributed by atoms with Crippen LogP contribution in [0.1, 0.15) is 30.5 Å². The second-order valence-electron chi connectivity index (χ2n) is 8.02. The van der Waals surface area contributed by atoms with Gasteiger partial charge < -0.3 is 9.80 Å². The molecule has 0 radical (unpaired) electrons. The highest BCUT2D eigenvalue weighted by molar-refractivity contribution is 5.99. The summed E-state index contributed by atoms with van der Waals surface area (Å²) in [6.45, 7) is 0. The molecule has 172 valence electrons. The van der Waals surface area contributed by atoms with Crippen molar-refractivity contribution in [2.75, 3.05) is 16.8 Å². The summed E-state index contributed by atoms with van der Waals surface area (Å²) in [5.41, 5.74) is -3.21. The number of hydrogen-bond donors (Lipinski definition) is 0. The second kappa shape index (κ2) is 7.63. The highest BCUT2D eigenvalue weighted by atomic mass is 19.4. The van der Waals surface area contributed by atoms with Gasteiger partial charge in [-0.2, -0.15) is 26.3 Å². The number of halogens is 7. The van der Waals surface area contributed by atoms with Crippen molar-refractivity contribution >= 4 is 17.4 Å². The summed E-state index contributed by atoms with van der Waals surface area (Å²) in [7, 11) is 1.33. The lowest BCUT2D eigenvalue weighted by Crippen LogP contribution is -2.51. The first-order chi connectivity index (χ1) is 14.9. The van der Waals surface area contributed by atoms with Gasteiger partial charge in [0.25, 0.3) is 0 Å². The van der Waals surface area contributed by atoms with Crippen molar-refractivity contribution in [3.05, 3.63) is 53.5 Å². The highest BCUT2D eigenvalue weighted by Gasteiger charge is 2.51. The maximum atomic E-state index is 14.2. The van der Waals surface area contributed by atoms with E-state index in [1.54, 1.807) is 0 Å². The molecule has 1 aromatic heterocycles. The van der Waals surface area contributed by atoms with E-state index < -0.39 is 53.2 Å². The smallest absolute Gasteiger partial charge is 0.341 e. The predicted octanol–water partition coefficient (Wildman–Crippen LogP) is 5.28. The number of benzene rings is 1. The van der Waals surface area contributed by atoms with Gasteiger partial charge in [-0.15, -0.1) is 0 Å². The summed E-state index contributed by atoms with van der Waals surface area (Å²) in [4.78, 5) is 19.0. The third kappa shape index (κ3) is 3.88. The third-order valence-electron chi connectivity index (χ3n) is 6.08. The van der Waals surface area contributed by atoms with Gasteiger partial charge in [0.1, 0.15) is 23.4 Å². The van der Waals surface area contributed by atoms with Crippen molar-refractivity contribution in [1.82, 2.24) is 4.98 Å². The van der Waals surface area contributed by atoms with E-state index in [0.29, 0.717) is 25.3 Å². The zero-order chi connectivity index (χ0) is 23.4. The molecule has 1 aliphatic heterocycles. The number of nitrogens with zero attached hydrogens (tertiary/aromatic N) is 3. The molecule has 4 rings (SSSR count). The van der Waals surface area contributed by atoms with Gasteiger partial charge in [-0.25, -0.2) is 9.37 Å². The van der Waals surface area contributed by atoms with E-state index in [1.807, 2.05) is 0 Å². The molecule has 1 aliphatic carbocycles. The fourth-order valence-corrected chi connectivity index (χ4v) is 4.63. The molecule has 2 heterocycles. The number of hydrogen-bond acceptors (Lipinski definition) is 3. The van der Waals surface area contributed by atoms with Crippen LogP contribution in [0, 0.1) is 11.7 Å². The molecule has 2 aliphatic rings. The number of likely N-dealkylation sites (N-methyl/N-ethyl adjacent to an activating group) is 1. The lowest BCUT2D eigenvalue weighted by Gasteiger charge is -2.37. The quantitative estimate of drug-likeness (QED) is 0.584. The number of para-hydroxylation sites is 1. The molecule has 2 bridgehead atoms. The first-order valence-electron chi connectivity index (χ1n) is 9.85. The van der Waals surface area contributed by atoms with Crippen LogP contribution in [0.2, 0.25) is 0 Å². The van der Waals surface area contributed by atoms with Gasteiger partial charge >= 0.3 is 12.4 Å². The number of carbonyl (C=O) groups excluding carboxylic acids is 1. The van der Waals surface area contributed by atoms with Crippen molar-refractivity contribution < 1.29 is 35.5 Å². The maximum absolute atomic E-state index is 14.2. The Bertz CT molecular complexity index is 1000. The van der Waals surface area contributed by atoms with Crippen molar-refractivity contribution in [2.24, 2.45) is 5.92 Å². The van der Waals surface area contributed by atoms with Crippen molar-refractivity contribution in [1.29, 1.82) is 0 Å². The second-order valence-corrected chi connectivity index (χ2v) is 8.02. The molecular weight excluding hydrogens is 443 g/mol. The molecule has 1 amide bonds. The number of fused-ring (bicyclic) bond motifs is 2. The van der Waals surface area contributed by atoms with Crippen LogP contribution in [-0.4, -0.2) is 30.0 Å². The Labute approximate surface area is 178 Å². The molecule has 1 saturated heterocycles. The Morgan fingerprint density at radius 3 is 2.38 bits per heavy atom. The Balaban J connectivity index is 1.77. The molecule has 3 atom stereocenters. The van der Waals surface area contributed by atoms with Gasteiger partial charge in [0.2, 0.25) is 5.91 Å². The first-order valence-corrected chi connectivity index (χ1v) is 9.85. The van der Waals surface area contributed by atoms with Gasteiger partial charge in [-0.1, -0.05) is 12.1 Å². The molecule has 32 heavy (non-hydrogen) atoms. The minimum Gasteiger partial charge on any atom is -0.341 e. The minimum absolute atomic E-state index is 0.0341. The van der Waals surface area contributed by atoms with Gasteiger partial charge in [-0.05, 0) is 49.4 Å². The maximum Gasteiger partial charge on any atom is 0.433 e. The Morgan fingerprint density at radius 1 is 1.06 bits per heavy atom. The molecule has 0 unspecified atom stereocenters. The molecule has 11 heteroatoms. The van der Waals surface area contributed by atoms with Gasteiger partial charge in [-0.3, -0.25) is 4.79 Å². The largest absolute Gasteiger partial charge is 0.433 e. The molecule has 4 nitrogen and oxygen atoms in total. The summed E-state index contributed by atoms with van der Waals surface area (Å²) < 4.78 is 94.1. The molecule has 2 aromatic rings. The Kier molecular flexibility index (Phi) is 5.33. The number of pyridine rings is 1. The molecule has 1 saturated carbocycles. The van der Waals surface area contributed by atoms with E-state index in [4.69, 9.17) is 0 Å². The van der Waals surface area contributed by atoms with Crippen molar-refractivity contribution in [3.63, 3.8) is 0 Å². The van der Waals surface area contributed by atoms with Crippen LogP contribution in [-0.2, 0) is 17.1 Å². The molecule has 0 spiro atoms. The van der Waals surface area contributed by atoms with E-state index in [9.17, 15) is 35.5 Å². The first kappa shape index (κ1) is 22.3. The monoisotopic (exact) mass is 461 g/mol. The van der Waals surface area contributed by atoms with Gasteiger partial charge in [0.05, 0.1) is 11.3 Å². The van der Waals surface area contributed by atoms with Crippen LogP contribution in [0.5, 0.6) is 0 Å². The van der Waals surface area contributed by atoms with E-state index >= 15 is 0 Å². The van der Waals surface area contributed by atoms with Crippen LogP contribution in [0.15, 0.2) is 36.4 Å². The van der Waals surface area contributed by atoms with Crippen LogP contribution >= 0.6 is 0 Å². The van der Waals surface area contributed by atoms with Crippen LogP contribution < -0.4 is 9.80 Å². The Hall–Kier alpha value is -2.85. The number of aromatic nitrogens is 1. The minimum atomic E-state index is -5.10. The SMILES string of the molecule is CN(C(=O)[C@@H]1[C@H]2CC[C@H](C2)N1c1cc(C(F)(F)F)cc(C(F)(F)F)n1)c1ccccc1F.